The number of hydrogen-bond donors (Lipinski definition) is 0. The molecule has 1 aliphatic carbocycles. The lowest BCUT2D eigenvalue weighted by Crippen LogP contribution is -2.25. The van der Waals surface area contributed by atoms with Crippen LogP contribution in [0.5, 0.6) is 0 Å². The fourth-order valence-electron chi connectivity index (χ4n) is 2.33. The highest BCUT2D eigenvalue weighted by molar-refractivity contribution is 5.14. The molecule has 0 atom stereocenters. The van der Waals surface area contributed by atoms with E-state index < -0.39 is 0 Å². The summed E-state index contributed by atoms with van der Waals surface area (Å²) < 4.78 is 5.99. The molecule has 0 unspecified atom stereocenters. The van der Waals surface area contributed by atoms with E-state index in [2.05, 4.69) is 37.3 Å². The number of ether oxygens (including phenoxy) is 1. The second kappa shape index (κ2) is 4.80. The Bertz CT molecular complexity index is 285. The maximum atomic E-state index is 5.99. The zero-order chi connectivity index (χ0) is 10.6. The van der Waals surface area contributed by atoms with Gasteiger partial charge in [0.25, 0.3) is 0 Å². The summed E-state index contributed by atoms with van der Waals surface area (Å²) in [6.07, 6.45) is 6.18. The highest BCUT2D eigenvalue weighted by atomic mass is 16.5. The van der Waals surface area contributed by atoms with Gasteiger partial charge in [0, 0.05) is 0 Å². The topological polar surface area (TPSA) is 9.23 Å². The smallest absolute Gasteiger partial charge is 0.0654 e. The summed E-state index contributed by atoms with van der Waals surface area (Å²) in [6, 6.07) is 10.6. The molecule has 0 aromatic heterocycles. The Morgan fingerprint density at radius 2 is 1.80 bits per heavy atom. The normalized spacial score (nSPS) is 19.3. The highest BCUT2D eigenvalue weighted by Crippen LogP contribution is 2.32. The summed E-state index contributed by atoms with van der Waals surface area (Å²) in [7, 11) is 0. The van der Waals surface area contributed by atoms with E-state index in [-0.39, 0.29) is 5.60 Å². The van der Waals surface area contributed by atoms with Crippen molar-refractivity contribution >= 4 is 0 Å². The van der Waals surface area contributed by atoms with Crippen molar-refractivity contribution in [2.24, 2.45) is 0 Å². The van der Waals surface area contributed by atoms with Crippen LogP contribution in [0.15, 0.2) is 30.3 Å². The molecule has 0 amide bonds. The lowest BCUT2D eigenvalue weighted by molar-refractivity contribution is -0.0245. The highest BCUT2D eigenvalue weighted by Gasteiger charge is 2.28. The predicted molar refractivity (Wildman–Crippen MR) is 63.0 cm³/mol. The standard InChI is InChI=1S/C14H20O/c1-14(10-5-6-11-14)15-12-9-13-7-3-2-4-8-13/h2-4,7-8H,5-6,9-12H2,1H3. The molecule has 0 aliphatic heterocycles. The molecule has 82 valence electrons. The number of benzene rings is 1. The van der Waals surface area contributed by atoms with Crippen LogP contribution in [0.2, 0.25) is 0 Å². The molecule has 0 bridgehead atoms. The van der Waals surface area contributed by atoms with Gasteiger partial charge in [-0.3, -0.25) is 0 Å². The lowest BCUT2D eigenvalue weighted by atomic mass is 10.1. The van der Waals surface area contributed by atoms with Gasteiger partial charge in [0.1, 0.15) is 0 Å². The first-order valence-electron chi connectivity index (χ1n) is 5.96. The lowest BCUT2D eigenvalue weighted by Gasteiger charge is -2.24. The number of hydrogen-bond acceptors (Lipinski definition) is 1. The van der Waals surface area contributed by atoms with Gasteiger partial charge in [-0.25, -0.2) is 0 Å². The minimum atomic E-state index is 0.175. The summed E-state index contributed by atoms with van der Waals surface area (Å²) >= 11 is 0. The van der Waals surface area contributed by atoms with Crippen molar-refractivity contribution in [1.29, 1.82) is 0 Å². The average Bonchev–Trinajstić information content (AvgIpc) is 2.67. The molecule has 1 fully saturated rings. The van der Waals surface area contributed by atoms with Gasteiger partial charge in [-0.15, -0.1) is 0 Å². The van der Waals surface area contributed by atoms with Crippen LogP contribution in [-0.2, 0) is 11.2 Å². The Balaban J connectivity index is 1.75. The third kappa shape index (κ3) is 3.07. The molecule has 0 N–H and O–H groups in total. The molecular weight excluding hydrogens is 184 g/mol. The SMILES string of the molecule is CC1(OCCc2ccccc2)CCCC1. The van der Waals surface area contributed by atoms with Gasteiger partial charge in [0.05, 0.1) is 12.2 Å². The molecule has 0 spiro atoms. The van der Waals surface area contributed by atoms with Crippen LogP contribution in [0.4, 0.5) is 0 Å². The molecule has 1 nitrogen and oxygen atoms in total. The van der Waals surface area contributed by atoms with E-state index in [1.54, 1.807) is 0 Å². The van der Waals surface area contributed by atoms with Crippen molar-refractivity contribution in [2.45, 2.75) is 44.6 Å². The first-order chi connectivity index (χ1) is 7.29. The van der Waals surface area contributed by atoms with Crippen molar-refractivity contribution in [1.82, 2.24) is 0 Å². The summed E-state index contributed by atoms with van der Waals surface area (Å²) in [5.74, 6) is 0. The molecule has 0 saturated heterocycles. The fraction of sp³-hybridized carbons (Fsp3) is 0.571. The van der Waals surface area contributed by atoms with Gasteiger partial charge in [-0.05, 0) is 31.7 Å². The van der Waals surface area contributed by atoms with Crippen molar-refractivity contribution in [3.63, 3.8) is 0 Å². The molecule has 1 aromatic rings. The van der Waals surface area contributed by atoms with Gasteiger partial charge < -0.3 is 4.74 Å². The largest absolute Gasteiger partial charge is 0.375 e. The Kier molecular flexibility index (Phi) is 3.42. The summed E-state index contributed by atoms with van der Waals surface area (Å²) in [6.45, 7) is 3.12. The first-order valence-corrected chi connectivity index (χ1v) is 5.96. The van der Waals surface area contributed by atoms with Crippen molar-refractivity contribution in [3.8, 4) is 0 Å². The van der Waals surface area contributed by atoms with Gasteiger partial charge in [-0.1, -0.05) is 43.2 Å². The molecule has 0 radical (unpaired) electrons. The monoisotopic (exact) mass is 204 g/mol. The Morgan fingerprint density at radius 1 is 1.13 bits per heavy atom. The third-order valence-corrected chi connectivity index (χ3v) is 3.35. The minimum absolute atomic E-state index is 0.175. The van der Waals surface area contributed by atoms with Crippen LogP contribution < -0.4 is 0 Å². The molecule has 1 heteroatoms. The second-order valence-electron chi connectivity index (χ2n) is 4.74. The average molecular weight is 204 g/mol. The Hall–Kier alpha value is -0.820. The van der Waals surface area contributed by atoms with Gasteiger partial charge in [0.2, 0.25) is 0 Å². The summed E-state index contributed by atoms with van der Waals surface area (Å²) in [5.41, 5.74) is 1.55. The zero-order valence-electron chi connectivity index (χ0n) is 9.54. The summed E-state index contributed by atoms with van der Waals surface area (Å²) in [4.78, 5) is 0. The zero-order valence-corrected chi connectivity index (χ0v) is 9.54. The van der Waals surface area contributed by atoms with Gasteiger partial charge in [0.15, 0.2) is 0 Å². The van der Waals surface area contributed by atoms with Crippen LogP contribution in [0.25, 0.3) is 0 Å². The molecule has 0 heterocycles. The van der Waals surface area contributed by atoms with Crippen LogP contribution in [-0.4, -0.2) is 12.2 Å². The minimum Gasteiger partial charge on any atom is -0.375 e. The maximum Gasteiger partial charge on any atom is 0.0654 e. The second-order valence-corrected chi connectivity index (χ2v) is 4.74. The van der Waals surface area contributed by atoms with Crippen molar-refractivity contribution in [3.05, 3.63) is 35.9 Å². The fourth-order valence-corrected chi connectivity index (χ4v) is 2.33. The van der Waals surface area contributed by atoms with E-state index in [0.29, 0.717) is 0 Å². The van der Waals surface area contributed by atoms with Gasteiger partial charge >= 0.3 is 0 Å². The summed E-state index contributed by atoms with van der Waals surface area (Å²) in [5, 5.41) is 0. The molecule has 1 saturated carbocycles. The van der Waals surface area contributed by atoms with Crippen molar-refractivity contribution < 1.29 is 4.74 Å². The van der Waals surface area contributed by atoms with E-state index in [1.807, 2.05) is 0 Å². The molecular formula is C14H20O. The Morgan fingerprint density at radius 3 is 2.47 bits per heavy atom. The quantitative estimate of drug-likeness (QED) is 0.728. The number of rotatable bonds is 4. The predicted octanol–water partition coefficient (Wildman–Crippen LogP) is 3.58. The van der Waals surface area contributed by atoms with E-state index in [1.165, 1.54) is 31.2 Å². The molecule has 2 rings (SSSR count). The van der Waals surface area contributed by atoms with Gasteiger partial charge in [-0.2, -0.15) is 0 Å². The van der Waals surface area contributed by atoms with Crippen LogP contribution >= 0.6 is 0 Å². The molecule has 1 aromatic carbocycles. The maximum absolute atomic E-state index is 5.99. The van der Waals surface area contributed by atoms with E-state index in [0.717, 1.165) is 13.0 Å². The van der Waals surface area contributed by atoms with E-state index >= 15 is 0 Å². The van der Waals surface area contributed by atoms with Crippen LogP contribution in [0.1, 0.15) is 38.2 Å². The molecule has 15 heavy (non-hydrogen) atoms. The van der Waals surface area contributed by atoms with E-state index in [9.17, 15) is 0 Å². The van der Waals surface area contributed by atoms with E-state index in [4.69, 9.17) is 4.74 Å². The first kappa shape index (κ1) is 10.7. The van der Waals surface area contributed by atoms with Crippen molar-refractivity contribution in [2.75, 3.05) is 6.61 Å². The Labute approximate surface area is 92.5 Å². The van der Waals surface area contributed by atoms with Crippen LogP contribution in [0, 0.1) is 0 Å². The van der Waals surface area contributed by atoms with Crippen LogP contribution in [0.3, 0.4) is 0 Å². The molecule has 1 aliphatic rings. The third-order valence-electron chi connectivity index (χ3n) is 3.35.